The number of hydrogen-bond donors (Lipinski definition) is 1. The summed E-state index contributed by atoms with van der Waals surface area (Å²) in [6, 6.07) is 7.41. The molecule has 3 nitrogen and oxygen atoms in total. The molecule has 0 fully saturated rings. The van der Waals surface area contributed by atoms with E-state index in [2.05, 4.69) is 5.32 Å². The summed E-state index contributed by atoms with van der Waals surface area (Å²) in [6.45, 7) is 3.64. The number of nitrogens with one attached hydrogen (secondary N) is 1. The van der Waals surface area contributed by atoms with Gasteiger partial charge < -0.3 is 10.1 Å². The van der Waals surface area contributed by atoms with E-state index in [9.17, 15) is 18.0 Å². The molecule has 23 heavy (non-hydrogen) atoms. The minimum Gasteiger partial charge on any atom is -0.496 e. The maximum atomic E-state index is 12.4. The van der Waals surface area contributed by atoms with Gasteiger partial charge in [-0.2, -0.15) is 13.2 Å². The predicted molar refractivity (Wildman–Crippen MR) is 83.5 cm³/mol. The van der Waals surface area contributed by atoms with Crippen LogP contribution in [0, 0.1) is 5.92 Å². The summed E-state index contributed by atoms with van der Waals surface area (Å²) < 4.78 is 42.5. The Morgan fingerprint density at radius 1 is 1.30 bits per heavy atom. The van der Waals surface area contributed by atoms with Crippen LogP contribution in [0.5, 0.6) is 5.75 Å². The lowest BCUT2D eigenvalue weighted by molar-refractivity contribution is -0.145. The van der Waals surface area contributed by atoms with E-state index in [1.165, 1.54) is 0 Å². The van der Waals surface area contributed by atoms with Crippen molar-refractivity contribution in [1.82, 2.24) is 5.32 Å². The fraction of sp³-hybridized carbons (Fsp3) is 0.588. The zero-order valence-corrected chi connectivity index (χ0v) is 13.7. The molecular weight excluding hydrogens is 307 g/mol. The number of methoxy groups -OCH3 is 1. The van der Waals surface area contributed by atoms with Crippen molar-refractivity contribution in [2.45, 2.75) is 45.2 Å². The molecule has 0 aliphatic carbocycles. The highest BCUT2D eigenvalue weighted by atomic mass is 19.4. The van der Waals surface area contributed by atoms with Crippen LogP contribution in [-0.4, -0.2) is 25.7 Å². The van der Waals surface area contributed by atoms with Gasteiger partial charge in [0.2, 0.25) is 5.91 Å². The summed E-state index contributed by atoms with van der Waals surface area (Å²) in [5, 5.41) is 2.61. The molecule has 130 valence electrons. The molecular formula is C17H24F3NO2. The second-order valence-electron chi connectivity index (χ2n) is 5.74. The first-order valence-corrected chi connectivity index (χ1v) is 7.73. The van der Waals surface area contributed by atoms with E-state index >= 15 is 0 Å². The maximum Gasteiger partial charge on any atom is 0.389 e. The number of carbonyl (C=O) groups is 1. The lowest BCUT2D eigenvalue weighted by Gasteiger charge is -2.19. The predicted octanol–water partition coefficient (Wildman–Crippen LogP) is 4.28. The van der Waals surface area contributed by atoms with Gasteiger partial charge in [0.1, 0.15) is 5.75 Å². The molecule has 0 bridgehead atoms. The highest BCUT2D eigenvalue weighted by molar-refractivity contribution is 5.77. The quantitative estimate of drug-likeness (QED) is 0.772. The molecule has 1 N–H and O–H groups in total. The van der Waals surface area contributed by atoms with Crippen molar-refractivity contribution in [3.63, 3.8) is 0 Å². The van der Waals surface area contributed by atoms with E-state index in [0.29, 0.717) is 12.2 Å². The van der Waals surface area contributed by atoms with Gasteiger partial charge in [-0.15, -0.1) is 0 Å². The van der Waals surface area contributed by atoms with Gasteiger partial charge in [0.05, 0.1) is 7.11 Å². The van der Waals surface area contributed by atoms with E-state index in [1.54, 1.807) is 14.0 Å². The van der Waals surface area contributed by atoms with Crippen molar-refractivity contribution < 1.29 is 22.7 Å². The molecule has 1 aromatic carbocycles. The van der Waals surface area contributed by atoms with Crippen LogP contribution in [0.15, 0.2) is 24.3 Å². The van der Waals surface area contributed by atoms with Gasteiger partial charge in [-0.3, -0.25) is 4.79 Å². The van der Waals surface area contributed by atoms with Crippen molar-refractivity contribution >= 4 is 5.91 Å². The van der Waals surface area contributed by atoms with Gasteiger partial charge in [-0.1, -0.05) is 38.5 Å². The number of benzene rings is 1. The Morgan fingerprint density at radius 3 is 2.52 bits per heavy atom. The highest BCUT2D eigenvalue weighted by Gasteiger charge is 2.31. The van der Waals surface area contributed by atoms with Crippen molar-refractivity contribution in [1.29, 1.82) is 0 Å². The van der Waals surface area contributed by atoms with Gasteiger partial charge in [0.25, 0.3) is 0 Å². The van der Waals surface area contributed by atoms with Crippen molar-refractivity contribution in [2.75, 3.05) is 13.7 Å². The summed E-state index contributed by atoms with van der Waals surface area (Å²) in [7, 11) is 1.56. The molecule has 0 radical (unpaired) electrons. The fourth-order valence-electron chi connectivity index (χ4n) is 2.48. The molecule has 2 unspecified atom stereocenters. The Balaban J connectivity index is 2.52. The summed E-state index contributed by atoms with van der Waals surface area (Å²) in [5.74, 6) is -0.199. The normalized spacial score (nSPS) is 14.2. The Bertz CT molecular complexity index is 503. The van der Waals surface area contributed by atoms with Crippen LogP contribution in [0.2, 0.25) is 0 Å². The monoisotopic (exact) mass is 331 g/mol. The molecule has 1 rings (SSSR count). The first-order valence-electron chi connectivity index (χ1n) is 7.73. The third-order valence-corrected chi connectivity index (χ3v) is 3.85. The topological polar surface area (TPSA) is 38.3 Å². The Hall–Kier alpha value is -1.72. The molecule has 1 amide bonds. The third kappa shape index (κ3) is 6.93. The molecule has 1 aromatic rings. The average molecular weight is 331 g/mol. The largest absolute Gasteiger partial charge is 0.496 e. The Morgan fingerprint density at radius 2 is 1.96 bits per heavy atom. The first-order chi connectivity index (χ1) is 10.8. The molecule has 0 aliphatic heterocycles. The van der Waals surface area contributed by atoms with E-state index in [0.717, 1.165) is 5.56 Å². The highest BCUT2D eigenvalue weighted by Crippen LogP contribution is 2.29. The number of halogens is 3. The smallest absolute Gasteiger partial charge is 0.389 e. The molecule has 0 saturated carbocycles. The Labute approximate surface area is 135 Å². The van der Waals surface area contributed by atoms with Crippen molar-refractivity contribution in [3.05, 3.63) is 29.8 Å². The minimum atomic E-state index is -4.20. The lowest BCUT2D eigenvalue weighted by atomic mass is 9.96. The van der Waals surface area contributed by atoms with Crippen LogP contribution in [0.25, 0.3) is 0 Å². The fourth-order valence-corrected chi connectivity index (χ4v) is 2.48. The standard InChI is InChI=1S/C17H24F3NO2/c1-4-13(10-17(18,19)20)11-21-16(22)9-12(2)14-7-5-6-8-15(14)23-3/h5-8,12-13H,4,9-11H2,1-3H3,(H,21,22). The van der Waals surface area contributed by atoms with Crippen molar-refractivity contribution in [2.24, 2.45) is 5.92 Å². The zero-order chi connectivity index (χ0) is 17.5. The summed E-state index contributed by atoms with van der Waals surface area (Å²) in [5.41, 5.74) is 0.910. The van der Waals surface area contributed by atoms with E-state index in [4.69, 9.17) is 4.74 Å². The third-order valence-electron chi connectivity index (χ3n) is 3.85. The molecule has 0 spiro atoms. The lowest BCUT2D eigenvalue weighted by Crippen LogP contribution is -2.32. The number of amides is 1. The maximum absolute atomic E-state index is 12.4. The second-order valence-corrected chi connectivity index (χ2v) is 5.74. The number of rotatable bonds is 8. The zero-order valence-electron chi connectivity index (χ0n) is 13.7. The molecule has 2 atom stereocenters. The molecule has 0 aliphatic rings. The first kappa shape index (κ1) is 19.3. The average Bonchev–Trinajstić information content (AvgIpc) is 2.50. The van der Waals surface area contributed by atoms with Gasteiger partial charge in [0, 0.05) is 19.4 Å². The van der Waals surface area contributed by atoms with Gasteiger partial charge in [0.15, 0.2) is 0 Å². The molecule has 6 heteroatoms. The number of ether oxygens (including phenoxy) is 1. The van der Waals surface area contributed by atoms with Gasteiger partial charge in [-0.05, 0) is 23.5 Å². The number of hydrogen-bond acceptors (Lipinski definition) is 2. The molecule has 0 aromatic heterocycles. The summed E-state index contributed by atoms with van der Waals surface area (Å²) in [4.78, 5) is 12.0. The SMILES string of the molecule is CCC(CNC(=O)CC(C)c1ccccc1OC)CC(F)(F)F. The van der Waals surface area contributed by atoms with Crippen LogP contribution >= 0.6 is 0 Å². The van der Waals surface area contributed by atoms with Crippen LogP contribution in [0.1, 0.15) is 44.6 Å². The number of alkyl halides is 3. The second kappa shape index (κ2) is 8.79. The van der Waals surface area contributed by atoms with Gasteiger partial charge in [-0.25, -0.2) is 0 Å². The van der Waals surface area contributed by atoms with E-state index < -0.39 is 18.5 Å². The van der Waals surface area contributed by atoms with Crippen LogP contribution in [-0.2, 0) is 4.79 Å². The van der Waals surface area contributed by atoms with E-state index in [1.807, 2.05) is 31.2 Å². The number of para-hydroxylation sites is 1. The summed E-state index contributed by atoms with van der Waals surface area (Å²) in [6.07, 6.45) is -4.48. The van der Waals surface area contributed by atoms with Crippen LogP contribution < -0.4 is 10.1 Å². The van der Waals surface area contributed by atoms with Crippen LogP contribution in [0.3, 0.4) is 0 Å². The number of carbonyl (C=O) groups excluding carboxylic acids is 1. The van der Waals surface area contributed by atoms with E-state index in [-0.39, 0.29) is 24.8 Å². The van der Waals surface area contributed by atoms with Gasteiger partial charge >= 0.3 is 6.18 Å². The minimum absolute atomic E-state index is 0.0491. The van der Waals surface area contributed by atoms with Crippen LogP contribution in [0.4, 0.5) is 13.2 Å². The van der Waals surface area contributed by atoms with Crippen molar-refractivity contribution in [3.8, 4) is 5.75 Å². The molecule has 0 saturated heterocycles. The Kier molecular flexibility index (Phi) is 7.39. The summed E-state index contributed by atoms with van der Waals surface area (Å²) >= 11 is 0. The molecule has 0 heterocycles.